The summed E-state index contributed by atoms with van der Waals surface area (Å²) in [5.74, 6) is 1.18. The number of anilines is 1. The third-order valence-electron chi connectivity index (χ3n) is 4.75. The molecule has 3 atom stereocenters. The van der Waals surface area contributed by atoms with Crippen LogP contribution in [0.4, 0.5) is 5.69 Å². The van der Waals surface area contributed by atoms with Crippen LogP contribution >= 0.6 is 15.9 Å². The summed E-state index contributed by atoms with van der Waals surface area (Å²) in [5.41, 5.74) is 5.48. The highest BCUT2D eigenvalue weighted by atomic mass is 79.9. The molecule has 1 nitrogen and oxygen atoms in total. The van der Waals surface area contributed by atoms with E-state index in [1.165, 1.54) is 22.4 Å². The molecule has 0 saturated carbocycles. The topological polar surface area (TPSA) is 12.0 Å². The largest absolute Gasteiger partial charge is 0.378 e. The summed E-state index contributed by atoms with van der Waals surface area (Å²) in [6, 6.07) is 15.9. The molecule has 1 aliphatic carbocycles. The zero-order valence-corrected chi connectivity index (χ0v) is 13.6. The Hall–Kier alpha value is -1.54. The third kappa shape index (κ3) is 2.22. The first-order valence-electron chi connectivity index (χ1n) is 7.51. The van der Waals surface area contributed by atoms with Gasteiger partial charge in [0.2, 0.25) is 0 Å². The molecule has 0 spiro atoms. The first-order chi connectivity index (χ1) is 10.2. The van der Waals surface area contributed by atoms with Gasteiger partial charge in [0.05, 0.1) is 6.04 Å². The number of rotatable bonds is 1. The lowest BCUT2D eigenvalue weighted by Crippen LogP contribution is -2.29. The van der Waals surface area contributed by atoms with E-state index in [2.05, 4.69) is 82.8 Å². The number of nitrogens with one attached hydrogen (secondary N) is 1. The van der Waals surface area contributed by atoms with Crippen LogP contribution < -0.4 is 5.32 Å². The minimum Gasteiger partial charge on any atom is -0.378 e. The van der Waals surface area contributed by atoms with Crippen LogP contribution in [-0.4, -0.2) is 0 Å². The van der Waals surface area contributed by atoms with Crippen LogP contribution in [0.2, 0.25) is 0 Å². The van der Waals surface area contributed by atoms with Crippen molar-refractivity contribution >= 4 is 21.6 Å². The van der Waals surface area contributed by atoms with E-state index >= 15 is 0 Å². The SMILES string of the molecule is Cc1ccc2c(c1)[C@H]1C=CC[C@@H]1[C@H](c1ccc(Br)cc1)N2. The summed E-state index contributed by atoms with van der Waals surface area (Å²) in [6.45, 7) is 2.18. The van der Waals surface area contributed by atoms with Gasteiger partial charge >= 0.3 is 0 Å². The Bertz CT molecular complexity index is 702. The van der Waals surface area contributed by atoms with Gasteiger partial charge in [0.25, 0.3) is 0 Å². The van der Waals surface area contributed by atoms with E-state index in [1.807, 2.05) is 0 Å². The van der Waals surface area contributed by atoms with Crippen molar-refractivity contribution in [2.75, 3.05) is 5.32 Å². The zero-order valence-electron chi connectivity index (χ0n) is 12.0. The fourth-order valence-corrected chi connectivity index (χ4v) is 3.98. The number of halogens is 1. The number of benzene rings is 2. The molecule has 1 N–H and O–H groups in total. The van der Waals surface area contributed by atoms with E-state index in [-0.39, 0.29) is 0 Å². The van der Waals surface area contributed by atoms with Crippen molar-refractivity contribution in [1.82, 2.24) is 0 Å². The lowest BCUT2D eigenvalue weighted by atomic mass is 9.77. The second-order valence-corrected chi connectivity index (χ2v) is 7.03. The summed E-state index contributed by atoms with van der Waals surface area (Å²) >= 11 is 3.53. The molecule has 0 amide bonds. The van der Waals surface area contributed by atoms with Crippen molar-refractivity contribution in [3.63, 3.8) is 0 Å². The number of hydrogen-bond acceptors (Lipinski definition) is 1. The van der Waals surface area contributed by atoms with Gasteiger partial charge in [-0.25, -0.2) is 0 Å². The van der Waals surface area contributed by atoms with Crippen molar-refractivity contribution in [3.05, 3.63) is 75.8 Å². The predicted molar refractivity (Wildman–Crippen MR) is 91.7 cm³/mol. The molecule has 1 heterocycles. The summed E-state index contributed by atoms with van der Waals surface area (Å²) in [4.78, 5) is 0. The Balaban J connectivity index is 1.78. The second kappa shape index (κ2) is 5.03. The Labute approximate surface area is 134 Å². The maximum absolute atomic E-state index is 3.78. The summed E-state index contributed by atoms with van der Waals surface area (Å²) in [6.07, 6.45) is 5.90. The molecule has 21 heavy (non-hydrogen) atoms. The molecule has 0 fully saturated rings. The summed E-state index contributed by atoms with van der Waals surface area (Å²) < 4.78 is 1.14. The Morgan fingerprint density at radius 2 is 1.90 bits per heavy atom. The van der Waals surface area contributed by atoms with Gasteiger partial charge in [-0.1, -0.05) is 57.9 Å². The van der Waals surface area contributed by atoms with Gasteiger partial charge in [0, 0.05) is 16.1 Å². The normalized spacial score (nSPS) is 26.1. The van der Waals surface area contributed by atoms with E-state index < -0.39 is 0 Å². The van der Waals surface area contributed by atoms with Gasteiger partial charge in [-0.3, -0.25) is 0 Å². The summed E-state index contributed by atoms with van der Waals surface area (Å²) in [7, 11) is 0. The maximum Gasteiger partial charge on any atom is 0.0553 e. The number of fused-ring (bicyclic) bond motifs is 3. The van der Waals surface area contributed by atoms with Crippen LogP contribution in [-0.2, 0) is 0 Å². The minimum absolute atomic E-state index is 0.397. The first kappa shape index (κ1) is 13.1. The van der Waals surface area contributed by atoms with E-state index in [4.69, 9.17) is 0 Å². The van der Waals surface area contributed by atoms with Crippen LogP contribution in [0.15, 0.2) is 59.1 Å². The van der Waals surface area contributed by atoms with Crippen LogP contribution in [0.3, 0.4) is 0 Å². The van der Waals surface area contributed by atoms with Crippen molar-refractivity contribution in [3.8, 4) is 0 Å². The van der Waals surface area contributed by atoms with Crippen LogP contribution in [0.1, 0.15) is 35.1 Å². The molecule has 0 saturated heterocycles. The van der Waals surface area contributed by atoms with Crippen molar-refractivity contribution in [2.24, 2.45) is 5.92 Å². The van der Waals surface area contributed by atoms with Gasteiger partial charge in [-0.15, -0.1) is 0 Å². The van der Waals surface area contributed by atoms with E-state index in [1.54, 1.807) is 0 Å². The molecule has 0 unspecified atom stereocenters. The van der Waals surface area contributed by atoms with Gasteiger partial charge in [-0.2, -0.15) is 0 Å². The van der Waals surface area contributed by atoms with Gasteiger partial charge in [0.1, 0.15) is 0 Å². The quantitative estimate of drug-likeness (QED) is 0.668. The maximum atomic E-state index is 3.78. The molecule has 2 aromatic carbocycles. The number of hydrogen-bond donors (Lipinski definition) is 1. The average molecular weight is 340 g/mol. The average Bonchev–Trinajstić information content (AvgIpc) is 2.97. The molecule has 0 bridgehead atoms. The highest BCUT2D eigenvalue weighted by Crippen LogP contribution is 2.49. The molecule has 1 aliphatic heterocycles. The highest BCUT2D eigenvalue weighted by Gasteiger charge is 2.37. The van der Waals surface area contributed by atoms with Gasteiger partial charge in [0.15, 0.2) is 0 Å². The van der Waals surface area contributed by atoms with E-state index in [0.717, 1.165) is 10.9 Å². The van der Waals surface area contributed by atoms with Gasteiger partial charge < -0.3 is 5.32 Å². The van der Waals surface area contributed by atoms with E-state index in [0.29, 0.717) is 17.9 Å². The van der Waals surface area contributed by atoms with E-state index in [9.17, 15) is 0 Å². The standard InChI is InChI=1S/C19H18BrN/c1-12-5-10-18-17(11-12)15-3-2-4-16(15)19(21-18)13-6-8-14(20)9-7-13/h2-3,5-11,15-16,19,21H,4H2,1H3/t15-,16-,19-/m0/s1. The van der Waals surface area contributed by atoms with Crippen molar-refractivity contribution in [1.29, 1.82) is 0 Å². The lowest BCUT2D eigenvalue weighted by Gasteiger charge is -2.37. The Kier molecular flexibility index (Phi) is 3.15. The first-order valence-corrected chi connectivity index (χ1v) is 8.31. The smallest absolute Gasteiger partial charge is 0.0553 e. The fraction of sp³-hybridized carbons (Fsp3) is 0.263. The number of aryl methyl sites for hydroxylation is 1. The summed E-state index contributed by atoms with van der Waals surface area (Å²) in [5, 5.41) is 3.78. The zero-order chi connectivity index (χ0) is 14.4. The predicted octanol–water partition coefficient (Wildman–Crippen LogP) is 5.58. The van der Waals surface area contributed by atoms with Crippen molar-refractivity contribution < 1.29 is 0 Å². The molecule has 106 valence electrons. The molecular formula is C19H18BrN. The lowest BCUT2D eigenvalue weighted by molar-refractivity contribution is 0.425. The monoisotopic (exact) mass is 339 g/mol. The fourth-order valence-electron chi connectivity index (χ4n) is 3.71. The molecule has 2 heteroatoms. The Morgan fingerprint density at radius 3 is 2.71 bits per heavy atom. The second-order valence-electron chi connectivity index (χ2n) is 6.12. The Morgan fingerprint density at radius 1 is 1.10 bits per heavy atom. The molecule has 2 aromatic rings. The van der Waals surface area contributed by atoms with Gasteiger partial charge in [-0.05, 0) is 48.6 Å². The molecule has 2 aliphatic rings. The number of allylic oxidation sites excluding steroid dienone is 2. The molecule has 0 aromatic heterocycles. The third-order valence-corrected chi connectivity index (χ3v) is 5.28. The highest BCUT2D eigenvalue weighted by molar-refractivity contribution is 9.10. The molecular weight excluding hydrogens is 322 g/mol. The van der Waals surface area contributed by atoms with Crippen molar-refractivity contribution in [2.45, 2.75) is 25.3 Å². The van der Waals surface area contributed by atoms with Crippen LogP contribution in [0.5, 0.6) is 0 Å². The van der Waals surface area contributed by atoms with Crippen LogP contribution in [0, 0.1) is 12.8 Å². The van der Waals surface area contributed by atoms with Crippen LogP contribution in [0.25, 0.3) is 0 Å². The molecule has 4 rings (SSSR count). The molecule has 0 radical (unpaired) electrons. The minimum atomic E-state index is 0.397.